The van der Waals surface area contributed by atoms with Crippen LogP contribution >= 0.6 is 0 Å². The van der Waals surface area contributed by atoms with Crippen LogP contribution in [-0.4, -0.2) is 40.1 Å². The quantitative estimate of drug-likeness (QED) is 0.675. The maximum absolute atomic E-state index is 13.5. The molecule has 0 amide bonds. The van der Waals surface area contributed by atoms with Crippen LogP contribution in [-0.2, 0) is 29.7 Å². The molecule has 3 aromatic rings. The Morgan fingerprint density at radius 1 is 1.00 bits per heavy atom. The van der Waals surface area contributed by atoms with E-state index >= 15 is 0 Å². The van der Waals surface area contributed by atoms with Crippen molar-refractivity contribution >= 4 is 21.1 Å². The molecule has 2 aliphatic rings. The first-order valence-corrected chi connectivity index (χ1v) is 12.1. The second kappa shape index (κ2) is 7.05. The molecule has 2 aromatic carbocycles. The first-order chi connectivity index (χ1) is 14.7. The van der Waals surface area contributed by atoms with Gasteiger partial charge in [-0.1, -0.05) is 30.3 Å². The lowest BCUT2D eigenvalue weighted by Crippen LogP contribution is -2.42. The van der Waals surface area contributed by atoms with Crippen molar-refractivity contribution in [2.24, 2.45) is 25.9 Å². The molecule has 0 unspecified atom stereocenters. The van der Waals surface area contributed by atoms with E-state index in [1.807, 2.05) is 30.3 Å². The average molecular weight is 442 g/mol. The van der Waals surface area contributed by atoms with Crippen molar-refractivity contribution in [3.63, 3.8) is 0 Å². The van der Waals surface area contributed by atoms with E-state index in [1.165, 1.54) is 13.4 Å². The zero-order valence-corrected chi connectivity index (χ0v) is 18.5. The predicted octanol–water partition coefficient (Wildman–Crippen LogP) is 2.19. The van der Waals surface area contributed by atoms with Crippen LogP contribution in [0.3, 0.4) is 0 Å². The number of nitrogens with zero attached hydrogens (tertiary/aromatic N) is 3. The molecule has 0 radical (unpaired) electrons. The van der Waals surface area contributed by atoms with E-state index in [9.17, 15) is 18.3 Å². The van der Waals surface area contributed by atoms with Crippen LogP contribution in [0.15, 0.2) is 58.2 Å². The Kier molecular flexibility index (Phi) is 4.66. The predicted molar refractivity (Wildman–Crippen MR) is 118 cm³/mol. The Morgan fingerprint density at radius 2 is 1.71 bits per heavy atom. The molecule has 8 heteroatoms. The third-order valence-corrected chi connectivity index (χ3v) is 9.14. The van der Waals surface area contributed by atoms with Gasteiger partial charge in [0.2, 0.25) is 10.0 Å². The smallest absolute Gasteiger partial charge is 0.328 e. The van der Waals surface area contributed by atoms with Gasteiger partial charge < -0.3 is 5.11 Å². The number of sulfonamides is 1. The highest BCUT2D eigenvalue weighted by atomic mass is 32.2. The third-order valence-electron chi connectivity index (χ3n) is 7.31. The molecule has 1 aliphatic heterocycles. The molecule has 1 aromatic heterocycles. The maximum atomic E-state index is 13.5. The van der Waals surface area contributed by atoms with Gasteiger partial charge in [0.25, 0.3) is 0 Å². The summed E-state index contributed by atoms with van der Waals surface area (Å²) in [6.45, 7) is 0.706. The van der Waals surface area contributed by atoms with Crippen LogP contribution in [0.1, 0.15) is 24.8 Å². The van der Waals surface area contributed by atoms with Crippen molar-refractivity contribution < 1.29 is 13.5 Å². The molecule has 0 bridgehead atoms. The maximum Gasteiger partial charge on any atom is 0.328 e. The van der Waals surface area contributed by atoms with Crippen molar-refractivity contribution in [2.75, 3.05) is 13.1 Å². The fourth-order valence-corrected chi connectivity index (χ4v) is 7.11. The third kappa shape index (κ3) is 3.00. The van der Waals surface area contributed by atoms with Crippen molar-refractivity contribution in [3.8, 4) is 0 Å². The zero-order valence-electron chi connectivity index (χ0n) is 17.7. The molecule has 2 heterocycles. The largest absolute Gasteiger partial charge is 0.385 e. The summed E-state index contributed by atoms with van der Waals surface area (Å²) in [4.78, 5) is 12.4. The topological polar surface area (TPSA) is 84.5 Å². The average Bonchev–Trinajstić information content (AvgIpc) is 3.32. The number of benzene rings is 2. The Labute approximate surface area is 181 Å². The van der Waals surface area contributed by atoms with Crippen LogP contribution in [0.5, 0.6) is 0 Å². The molecule has 1 saturated carbocycles. The first-order valence-electron chi connectivity index (χ1n) is 10.7. The second-order valence-electron chi connectivity index (χ2n) is 8.92. The molecule has 3 atom stereocenters. The van der Waals surface area contributed by atoms with Gasteiger partial charge in [0.05, 0.1) is 21.5 Å². The van der Waals surface area contributed by atoms with Crippen LogP contribution in [0.4, 0.5) is 0 Å². The minimum Gasteiger partial charge on any atom is -0.385 e. The fraction of sp³-hybridized carbons (Fsp3) is 0.435. The van der Waals surface area contributed by atoms with Gasteiger partial charge in [0, 0.05) is 33.1 Å². The zero-order chi connectivity index (χ0) is 22.0. The summed E-state index contributed by atoms with van der Waals surface area (Å²) in [5, 5.41) is 11.6. The SMILES string of the molecule is Cn1c(=O)n(C)c2cc(S(=O)(=O)N3C[C@H]4CCC[C@](O)(c5ccccc5)[C@H]4C3)ccc21. The summed E-state index contributed by atoms with van der Waals surface area (Å²) < 4.78 is 31.5. The molecule has 1 aliphatic carbocycles. The highest BCUT2D eigenvalue weighted by Gasteiger charge is 2.52. The highest BCUT2D eigenvalue weighted by Crippen LogP contribution is 2.49. The van der Waals surface area contributed by atoms with Gasteiger partial charge >= 0.3 is 5.69 Å². The summed E-state index contributed by atoms with van der Waals surface area (Å²) in [7, 11) is -0.424. The van der Waals surface area contributed by atoms with Crippen molar-refractivity contribution in [1.82, 2.24) is 13.4 Å². The molecule has 0 spiro atoms. The number of rotatable bonds is 3. The number of fused-ring (bicyclic) bond motifs is 2. The molecule has 164 valence electrons. The summed E-state index contributed by atoms with van der Waals surface area (Å²) in [5.74, 6) is -0.0122. The van der Waals surface area contributed by atoms with Gasteiger partial charge in [-0.05, 0) is 48.9 Å². The van der Waals surface area contributed by atoms with E-state index in [4.69, 9.17) is 0 Å². The Morgan fingerprint density at radius 3 is 2.45 bits per heavy atom. The van der Waals surface area contributed by atoms with Crippen LogP contribution in [0.25, 0.3) is 11.0 Å². The molecular formula is C23H27N3O4S. The van der Waals surface area contributed by atoms with Crippen molar-refractivity contribution in [2.45, 2.75) is 29.8 Å². The van der Waals surface area contributed by atoms with E-state index in [0.29, 0.717) is 30.5 Å². The Bertz CT molecular complexity index is 1310. The lowest BCUT2D eigenvalue weighted by Gasteiger charge is -2.41. The van der Waals surface area contributed by atoms with E-state index in [1.54, 1.807) is 32.3 Å². The van der Waals surface area contributed by atoms with E-state index in [-0.39, 0.29) is 22.4 Å². The number of imidazole rings is 1. The first kappa shape index (κ1) is 20.5. The molecule has 31 heavy (non-hydrogen) atoms. The highest BCUT2D eigenvalue weighted by molar-refractivity contribution is 7.89. The normalized spacial score (nSPS) is 26.9. The molecular weight excluding hydrogens is 414 g/mol. The number of aliphatic hydroxyl groups is 1. The van der Waals surface area contributed by atoms with Gasteiger partial charge in [-0.15, -0.1) is 0 Å². The summed E-state index contributed by atoms with van der Waals surface area (Å²) in [6.07, 6.45) is 2.43. The van der Waals surface area contributed by atoms with Gasteiger partial charge in [0.1, 0.15) is 0 Å². The van der Waals surface area contributed by atoms with E-state index < -0.39 is 15.6 Å². The molecule has 7 nitrogen and oxygen atoms in total. The number of aryl methyl sites for hydroxylation is 2. The van der Waals surface area contributed by atoms with Crippen molar-refractivity contribution in [1.29, 1.82) is 0 Å². The molecule has 1 N–H and O–H groups in total. The summed E-state index contributed by atoms with van der Waals surface area (Å²) in [6, 6.07) is 14.5. The molecule has 2 fully saturated rings. The monoisotopic (exact) mass is 441 g/mol. The van der Waals surface area contributed by atoms with Crippen molar-refractivity contribution in [3.05, 3.63) is 64.6 Å². The lowest BCUT2D eigenvalue weighted by atomic mass is 9.67. The summed E-state index contributed by atoms with van der Waals surface area (Å²) >= 11 is 0. The van der Waals surface area contributed by atoms with E-state index in [2.05, 4.69) is 0 Å². The molecule has 5 rings (SSSR count). The second-order valence-corrected chi connectivity index (χ2v) is 10.9. The standard InChI is InChI=1S/C23H27N3O4S/c1-24-20-11-10-18(13-21(20)25(2)22(24)27)31(29,30)26-14-16-7-6-12-23(28,19(16)15-26)17-8-4-3-5-9-17/h3-5,8-11,13,16,19,28H,6-7,12,14-15H2,1-2H3/t16-,19+,23+/m1/s1. The number of hydrogen-bond acceptors (Lipinski definition) is 4. The summed E-state index contributed by atoms with van der Waals surface area (Å²) in [5.41, 5.74) is 0.946. The van der Waals surface area contributed by atoms with Gasteiger partial charge in [-0.2, -0.15) is 4.31 Å². The van der Waals surface area contributed by atoms with Crippen LogP contribution < -0.4 is 5.69 Å². The van der Waals surface area contributed by atoms with Gasteiger partial charge in [-0.25, -0.2) is 13.2 Å². The Balaban J connectivity index is 1.51. The van der Waals surface area contributed by atoms with E-state index in [0.717, 1.165) is 18.4 Å². The van der Waals surface area contributed by atoms with Gasteiger partial charge in [-0.3, -0.25) is 9.13 Å². The molecule has 1 saturated heterocycles. The number of aromatic nitrogens is 2. The fourth-order valence-electron chi connectivity index (χ4n) is 5.56. The number of hydrogen-bond donors (Lipinski definition) is 1. The minimum atomic E-state index is -3.74. The van der Waals surface area contributed by atoms with Crippen LogP contribution in [0.2, 0.25) is 0 Å². The van der Waals surface area contributed by atoms with Crippen LogP contribution in [0, 0.1) is 11.8 Å². The van der Waals surface area contributed by atoms with Gasteiger partial charge in [0.15, 0.2) is 0 Å². The Hall–Kier alpha value is -2.42. The minimum absolute atomic E-state index is 0.124. The lowest BCUT2D eigenvalue weighted by molar-refractivity contribution is -0.0640.